The third-order valence-corrected chi connectivity index (χ3v) is 7.88. The maximum Gasteiger partial charge on any atom is 0.322 e. The number of benzene rings is 2. The number of hydrogen-bond donors (Lipinski definition) is 2. The van der Waals surface area contributed by atoms with Crippen molar-refractivity contribution in [2.45, 2.75) is 26.2 Å². The molecule has 9 nitrogen and oxygen atoms in total. The molecule has 11 heteroatoms. The first-order valence-electron chi connectivity index (χ1n) is 13.4. The zero-order chi connectivity index (χ0) is 29.5. The first-order chi connectivity index (χ1) is 20.2. The molecule has 1 amide bonds. The fourth-order valence-electron chi connectivity index (χ4n) is 5.12. The van der Waals surface area contributed by atoms with E-state index in [1.165, 1.54) is 18.5 Å². The van der Waals surface area contributed by atoms with Crippen LogP contribution in [0.4, 0.5) is 15.9 Å². The molecule has 0 spiro atoms. The summed E-state index contributed by atoms with van der Waals surface area (Å²) < 4.78 is 22.9. The van der Waals surface area contributed by atoms with E-state index in [2.05, 4.69) is 31.8 Å². The quantitative estimate of drug-likeness (QED) is 0.201. The van der Waals surface area contributed by atoms with Crippen LogP contribution in [0.5, 0.6) is 11.8 Å². The minimum Gasteiger partial charge on any atom is -0.421 e. The Morgan fingerprint density at radius 3 is 2.67 bits per heavy atom. The zero-order valence-electron chi connectivity index (χ0n) is 23.0. The monoisotopic (exact) mass is 583 g/mol. The first-order valence-corrected chi connectivity index (χ1v) is 13.8. The van der Waals surface area contributed by atoms with Gasteiger partial charge in [0.2, 0.25) is 0 Å². The molecule has 3 heterocycles. The van der Waals surface area contributed by atoms with Gasteiger partial charge in [0.1, 0.15) is 17.8 Å². The third kappa shape index (κ3) is 4.94. The maximum absolute atomic E-state index is 15.4. The Kier molecular flexibility index (Phi) is 7.07. The van der Waals surface area contributed by atoms with E-state index in [1.807, 2.05) is 11.6 Å². The van der Waals surface area contributed by atoms with Crippen LogP contribution < -0.4 is 15.8 Å². The van der Waals surface area contributed by atoms with Crippen molar-refractivity contribution in [3.8, 4) is 34.1 Å². The van der Waals surface area contributed by atoms with E-state index in [1.54, 1.807) is 43.5 Å². The normalized spacial score (nSPS) is 13.1. The van der Waals surface area contributed by atoms with E-state index in [0.29, 0.717) is 55.4 Å². The molecule has 0 bridgehead atoms. The second-order valence-electron chi connectivity index (χ2n) is 10.3. The van der Waals surface area contributed by atoms with E-state index < -0.39 is 5.82 Å². The molecule has 0 saturated heterocycles. The fraction of sp³-hybridized carbons (Fsp3) is 0.194. The molecule has 6 rings (SSSR count). The Morgan fingerprint density at radius 1 is 1.17 bits per heavy atom. The summed E-state index contributed by atoms with van der Waals surface area (Å²) in [4.78, 5) is 29.6. The van der Waals surface area contributed by atoms with Crippen LogP contribution in [0, 0.1) is 18.7 Å². The summed E-state index contributed by atoms with van der Waals surface area (Å²) in [6, 6.07) is 11.6. The summed E-state index contributed by atoms with van der Waals surface area (Å²) in [6.07, 6.45) is 5.99. The zero-order valence-corrected chi connectivity index (χ0v) is 23.7. The number of aryl methyl sites for hydroxylation is 2. The lowest BCUT2D eigenvalue weighted by Crippen LogP contribution is -2.23. The molecule has 5 aromatic rings. The molecular weight excluding hydrogens is 557 g/mol. The van der Waals surface area contributed by atoms with Crippen molar-refractivity contribution in [2.75, 3.05) is 11.1 Å². The van der Waals surface area contributed by atoms with E-state index in [-0.39, 0.29) is 29.4 Å². The van der Waals surface area contributed by atoms with Gasteiger partial charge in [-0.25, -0.2) is 24.3 Å². The second kappa shape index (κ2) is 10.9. The van der Waals surface area contributed by atoms with Crippen LogP contribution in [-0.2, 0) is 11.8 Å². The number of aromatic nitrogens is 5. The molecule has 212 valence electrons. The Labute approximate surface area is 246 Å². The van der Waals surface area contributed by atoms with Crippen LogP contribution in [-0.4, -0.2) is 30.4 Å². The van der Waals surface area contributed by atoms with Crippen molar-refractivity contribution in [1.82, 2.24) is 24.5 Å². The van der Waals surface area contributed by atoms with Crippen molar-refractivity contribution in [1.29, 1.82) is 0 Å². The van der Waals surface area contributed by atoms with Gasteiger partial charge in [-0.2, -0.15) is 0 Å². The predicted octanol–water partition coefficient (Wildman–Crippen LogP) is 6.86. The van der Waals surface area contributed by atoms with Gasteiger partial charge in [0, 0.05) is 41.3 Å². The number of halogens is 2. The van der Waals surface area contributed by atoms with Crippen LogP contribution in [0.15, 0.2) is 67.1 Å². The van der Waals surface area contributed by atoms with Crippen molar-refractivity contribution in [3.63, 3.8) is 0 Å². The number of nitrogens with two attached hydrogens (primary N) is 1. The van der Waals surface area contributed by atoms with Gasteiger partial charge in [0.15, 0.2) is 11.6 Å². The highest BCUT2D eigenvalue weighted by molar-refractivity contribution is 6.34. The molecule has 1 saturated carbocycles. The molecule has 0 unspecified atom stereocenters. The fourth-order valence-corrected chi connectivity index (χ4v) is 5.39. The number of fused-ring (bicyclic) bond motifs is 1. The molecule has 3 aromatic heterocycles. The lowest BCUT2D eigenvalue weighted by molar-refractivity contribution is -0.113. The number of rotatable bonds is 7. The molecule has 1 fully saturated rings. The SMILES string of the molecule is C=C(C(=O)Nc1ccc(-c2c(-c3ccc(Oc4nccc(C)n4)c(F)c3)c3c(N)ncnc3n2C)c(Cl)c1)C1CCC1. The number of ether oxygens (including phenoxy) is 1. The molecule has 0 radical (unpaired) electrons. The summed E-state index contributed by atoms with van der Waals surface area (Å²) in [6.45, 7) is 5.76. The van der Waals surface area contributed by atoms with Gasteiger partial charge in [-0.3, -0.25) is 4.79 Å². The van der Waals surface area contributed by atoms with Crippen LogP contribution >= 0.6 is 11.6 Å². The van der Waals surface area contributed by atoms with E-state index >= 15 is 4.39 Å². The van der Waals surface area contributed by atoms with Gasteiger partial charge < -0.3 is 20.4 Å². The minimum atomic E-state index is -0.619. The number of anilines is 2. The van der Waals surface area contributed by atoms with Crippen molar-refractivity contribution < 1.29 is 13.9 Å². The van der Waals surface area contributed by atoms with Gasteiger partial charge in [-0.05, 0) is 67.6 Å². The summed E-state index contributed by atoms with van der Waals surface area (Å²) in [5.74, 6) is -0.402. The van der Waals surface area contributed by atoms with Gasteiger partial charge in [-0.1, -0.05) is 30.7 Å². The summed E-state index contributed by atoms with van der Waals surface area (Å²) in [5, 5.41) is 3.82. The molecule has 1 aliphatic carbocycles. The highest BCUT2D eigenvalue weighted by Gasteiger charge is 2.26. The predicted molar refractivity (Wildman–Crippen MR) is 161 cm³/mol. The van der Waals surface area contributed by atoms with Gasteiger partial charge in [0.25, 0.3) is 5.91 Å². The van der Waals surface area contributed by atoms with Crippen LogP contribution in [0.3, 0.4) is 0 Å². The molecule has 3 N–H and O–H groups in total. The molecule has 0 atom stereocenters. The number of nitrogens with one attached hydrogen (secondary N) is 1. The largest absolute Gasteiger partial charge is 0.421 e. The lowest BCUT2D eigenvalue weighted by Gasteiger charge is -2.26. The summed E-state index contributed by atoms with van der Waals surface area (Å²) in [7, 11) is 1.82. The van der Waals surface area contributed by atoms with E-state index in [0.717, 1.165) is 19.3 Å². The Bertz CT molecular complexity index is 1880. The number of carbonyl (C=O) groups is 1. The van der Waals surface area contributed by atoms with Crippen molar-refractivity contribution in [2.24, 2.45) is 13.0 Å². The van der Waals surface area contributed by atoms with Crippen molar-refractivity contribution >= 4 is 40.0 Å². The maximum atomic E-state index is 15.4. The number of nitrogens with zero attached hydrogens (tertiary/aromatic N) is 5. The van der Waals surface area contributed by atoms with Gasteiger partial charge in [0.05, 0.1) is 16.1 Å². The standard InChI is InChI=1S/C31H27ClFN7O2/c1-16-11-12-35-31(38-16)42-24-10-7-19(13-23(24)33)25-26-28(34)36-15-37-29(26)40(3)27(25)21-9-8-20(14-22(21)32)39-30(41)17(2)18-5-4-6-18/h7-15,18H,2,4-6H2,1,3H3,(H,39,41)(H2,34,36,37). The van der Waals surface area contributed by atoms with Crippen LogP contribution in [0.2, 0.25) is 5.02 Å². The average Bonchev–Trinajstić information content (AvgIpc) is 3.22. The molecule has 0 aliphatic heterocycles. The first kappa shape index (κ1) is 27.3. The Morgan fingerprint density at radius 2 is 1.98 bits per heavy atom. The topological polar surface area (TPSA) is 121 Å². The highest BCUT2D eigenvalue weighted by Crippen LogP contribution is 2.45. The van der Waals surface area contributed by atoms with E-state index in [4.69, 9.17) is 22.1 Å². The third-order valence-electron chi connectivity index (χ3n) is 7.56. The van der Waals surface area contributed by atoms with E-state index in [9.17, 15) is 4.79 Å². The summed E-state index contributed by atoms with van der Waals surface area (Å²) in [5.41, 5.74) is 11.1. The smallest absolute Gasteiger partial charge is 0.322 e. The molecular formula is C31H27ClFN7O2. The molecule has 42 heavy (non-hydrogen) atoms. The number of amides is 1. The number of carbonyl (C=O) groups excluding carboxylic acids is 1. The lowest BCUT2D eigenvalue weighted by atomic mass is 9.80. The average molecular weight is 584 g/mol. The molecule has 2 aromatic carbocycles. The highest BCUT2D eigenvalue weighted by atomic mass is 35.5. The Balaban J connectivity index is 1.41. The molecule has 1 aliphatic rings. The van der Waals surface area contributed by atoms with Crippen molar-refractivity contribution in [3.05, 3.63) is 83.7 Å². The van der Waals surface area contributed by atoms with Crippen LogP contribution in [0.1, 0.15) is 25.0 Å². The number of hydrogen-bond acceptors (Lipinski definition) is 7. The Hall–Kier alpha value is -4.83. The summed E-state index contributed by atoms with van der Waals surface area (Å²) >= 11 is 6.82. The van der Waals surface area contributed by atoms with Gasteiger partial charge in [-0.15, -0.1) is 0 Å². The second-order valence-corrected chi connectivity index (χ2v) is 10.7. The van der Waals surface area contributed by atoms with Crippen LogP contribution in [0.25, 0.3) is 33.4 Å². The minimum absolute atomic E-state index is 0.0306. The number of nitrogen functional groups attached to an aromatic ring is 1. The van der Waals surface area contributed by atoms with Gasteiger partial charge >= 0.3 is 6.01 Å².